The quantitative estimate of drug-likeness (QED) is 0.0268. The Morgan fingerprint density at radius 1 is 0.635 bits per heavy atom. The van der Waals surface area contributed by atoms with Gasteiger partial charge >= 0.3 is 29.9 Å². The number of carbonyl (C=O) groups is 9. The number of aliphatic carboxylic acids is 4. The monoisotopic (exact) mass is 757 g/mol. The first-order valence-corrected chi connectivity index (χ1v) is 16.5. The highest BCUT2D eigenvalue weighted by atomic mass is 32.1. The Morgan fingerprint density at radius 3 is 1.75 bits per heavy atom. The van der Waals surface area contributed by atoms with E-state index in [0.717, 1.165) is 0 Å². The third-order valence-corrected chi connectivity index (χ3v) is 7.25. The number of ketones is 1. The highest BCUT2D eigenvalue weighted by molar-refractivity contribution is 7.80. The van der Waals surface area contributed by atoms with Crippen LogP contribution in [0.3, 0.4) is 0 Å². The molecule has 4 atom stereocenters. The molecule has 0 heterocycles. The molecule has 0 aliphatic heterocycles. The van der Waals surface area contributed by atoms with E-state index < -0.39 is 90.4 Å². The van der Waals surface area contributed by atoms with E-state index in [9.17, 15) is 48.3 Å². The van der Waals surface area contributed by atoms with E-state index in [1.54, 1.807) is 30.3 Å². The van der Waals surface area contributed by atoms with Gasteiger partial charge in [0.15, 0.2) is 0 Å². The fraction of sp³-hybridized carbons (Fsp3) is 0.516. The lowest BCUT2D eigenvalue weighted by atomic mass is 10.0. The molecule has 20 nitrogen and oxygen atoms in total. The second kappa shape index (κ2) is 24.8. The molecule has 2 unspecified atom stereocenters. The van der Waals surface area contributed by atoms with Gasteiger partial charge in [0.25, 0.3) is 5.78 Å². The minimum atomic E-state index is -1.73. The Balaban J connectivity index is 2.37. The number of rotatable bonds is 27. The number of nitrogens with one attached hydrogen (secondary N) is 5. The van der Waals surface area contributed by atoms with Crippen LogP contribution in [0.4, 0.5) is 4.79 Å². The Hall–Kier alpha value is -5.28. The Labute approximate surface area is 302 Å². The van der Waals surface area contributed by atoms with Crippen molar-refractivity contribution < 1.29 is 73.1 Å². The lowest BCUT2D eigenvalue weighted by Crippen LogP contribution is -2.54. The molecule has 52 heavy (non-hydrogen) atoms. The molecule has 0 bridgehead atoms. The van der Waals surface area contributed by atoms with Crippen LogP contribution in [0.2, 0.25) is 0 Å². The van der Waals surface area contributed by atoms with Crippen LogP contribution in [0.1, 0.15) is 37.7 Å². The number of thiol groups is 1. The van der Waals surface area contributed by atoms with Gasteiger partial charge in [0.05, 0.1) is 26.4 Å². The lowest BCUT2D eigenvalue weighted by Gasteiger charge is -2.21. The van der Waals surface area contributed by atoms with Crippen LogP contribution in [0.25, 0.3) is 0 Å². The number of carbonyl (C=O) groups excluding carboxylic acids is 5. The van der Waals surface area contributed by atoms with Crippen molar-refractivity contribution in [2.45, 2.75) is 62.7 Å². The molecule has 21 heteroatoms. The minimum Gasteiger partial charge on any atom is -0.481 e. The van der Waals surface area contributed by atoms with Crippen LogP contribution in [0, 0.1) is 0 Å². The van der Waals surface area contributed by atoms with Gasteiger partial charge in [0.2, 0.25) is 17.7 Å². The molecule has 1 aromatic carbocycles. The van der Waals surface area contributed by atoms with Gasteiger partial charge in [-0.3, -0.25) is 24.0 Å². The fourth-order valence-electron chi connectivity index (χ4n) is 4.20. The van der Waals surface area contributed by atoms with Gasteiger partial charge in [0, 0.05) is 38.0 Å². The number of Topliss-reactive ketones (excluding diaryl/α,β-unsaturated/α-hetero) is 1. The van der Waals surface area contributed by atoms with E-state index >= 15 is 0 Å². The number of amides is 5. The summed E-state index contributed by atoms with van der Waals surface area (Å²) in [6.45, 7) is 0.220. The third-order valence-electron chi connectivity index (χ3n) is 6.89. The summed E-state index contributed by atoms with van der Waals surface area (Å²) < 4.78 is 10.7. The van der Waals surface area contributed by atoms with E-state index in [0.29, 0.717) is 5.56 Å². The minimum absolute atomic E-state index is 0.0432. The van der Waals surface area contributed by atoms with Crippen LogP contribution in [0.15, 0.2) is 30.3 Å². The summed E-state index contributed by atoms with van der Waals surface area (Å²) >= 11 is 3.93. The largest absolute Gasteiger partial charge is 0.481 e. The Morgan fingerprint density at radius 2 is 1.21 bits per heavy atom. The zero-order valence-corrected chi connectivity index (χ0v) is 28.8. The second-order valence-corrected chi connectivity index (χ2v) is 11.3. The van der Waals surface area contributed by atoms with Crippen LogP contribution in [-0.2, 0) is 54.3 Å². The molecular weight excluding hydrogens is 714 g/mol. The van der Waals surface area contributed by atoms with E-state index in [2.05, 4.69) is 28.6 Å². The van der Waals surface area contributed by atoms with Gasteiger partial charge in [-0.15, -0.1) is 0 Å². The first kappa shape index (κ1) is 44.7. The zero-order valence-electron chi connectivity index (χ0n) is 27.9. The lowest BCUT2D eigenvalue weighted by molar-refractivity contribution is -0.150. The van der Waals surface area contributed by atoms with Crippen LogP contribution >= 0.6 is 12.6 Å². The molecule has 0 radical (unpaired) electrons. The van der Waals surface area contributed by atoms with E-state index in [1.807, 2.05) is 10.6 Å². The Kier molecular flexibility index (Phi) is 21.3. The van der Waals surface area contributed by atoms with Gasteiger partial charge in [-0.25, -0.2) is 19.2 Å². The molecule has 0 saturated carbocycles. The molecule has 0 fully saturated rings. The maximum Gasteiger partial charge on any atom is 0.374 e. The molecular formula is C31H43N5O15S. The van der Waals surface area contributed by atoms with Crippen LogP contribution < -0.4 is 26.6 Å². The average Bonchev–Trinajstić information content (AvgIpc) is 3.09. The maximum absolute atomic E-state index is 12.9. The summed E-state index contributed by atoms with van der Waals surface area (Å²) in [6.07, 6.45) is -1.69. The van der Waals surface area contributed by atoms with Crippen molar-refractivity contribution in [3.8, 4) is 0 Å². The maximum atomic E-state index is 12.9. The number of hydrogen-bond donors (Lipinski definition) is 10. The predicted molar refractivity (Wildman–Crippen MR) is 180 cm³/mol. The topological polar surface area (TPSA) is 313 Å². The fourth-order valence-corrected chi connectivity index (χ4v) is 4.45. The smallest absolute Gasteiger partial charge is 0.374 e. The van der Waals surface area contributed by atoms with E-state index in [1.165, 1.54) is 0 Å². The molecule has 1 rings (SSSR count). The number of benzene rings is 1. The van der Waals surface area contributed by atoms with Gasteiger partial charge in [-0.2, -0.15) is 12.6 Å². The molecule has 0 aliphatic rings. The SMILES string of the molecule is O=C(O)CC[C@@H](NC(=O)N[C@H](CCC(=O)NCCOCCOCCC(=O)NC(Cc1ccccc1)C(=O)NC(CS)C(=O)C(=O)O)C(=O)O)C(=O)O. The summed E-state index contributed by atoms with van der Waals surface area (Å²) in [5.74, 6) is -9.39. The number of urea groups is 1. The average molecular weight is 758 g/mol. The van der Waals surface area contributed by atoms with Crippen molar-refractivity contribution in [2.24, 2.45) is 0 Å². The molecule has 288 valence electrons. The first-order valence-electron chi connectivity index (χ1n) is 15.8. The van der Waals surface area contributed by atoms with Crippen molar-refractivity contribution in [3.63, 3.8) is 0 Å². The predicted octanol–water partition coefficient (Wildman–Crippen LogP) is -1.83. The number of carboxylic acids is 4. The highest BCUT2D eigenvalue weighted by Gasteiger charge is 2.29. The van der Waals surface area contributed by atoms with Crippen LogP contribution in [0.5, 0.6) is 0 Å². The number of ether oxygens (including phenoxy) is 2. The summed E-state index contributed by atoms with van der Waals surface area (Å²) in [7, 11) is 0. The molecule has 5 amide bonds. The highest BCUT2D eigenvalue weighted by Crippen LogP contribution is 2.06. The third kappa shape index (κ3) is 19.2. The molecule has 0 aromatic heterocycles. The number of hydrogen-bond acceptors (Lipinski definition) is 12. The van der Waals surface area contributed by atoms with Crippen molar-refractivity contribution in [1.82, 2.24) is 26.6 Å². The van der Waals surface area contributed by atoms with E-state index in [-0.39, 0.29) is 64.4 Å². The standard InChI is InChI=1S/C31H43N5O15S/c37-23(8-6-19(28(43)44)35-31(49)36-20(29(45)46)7-9-25(39)40)32-11-13-51-15-14-50-12-10-24(38)33-21(16-18-4-2-1-3-5-18)27(42)34-22(17-52)26(41)30(47)48/h1-5,19-22,52H,6-17H2,(H,32,37)(H,33,38)(H,34,42)(H,39,40)(H,43,44)(H,45,46)(H,47,48)(H2,35,36,49)/t19-,20-,21?,22?/m1/s1. The van der Waals surface area contributed by atoms with E-state index in [4.69, 9.17) is 24.8 Å². The van der Waals surface area contributed by atoms with Gasteiger partial charge in [-0.05, 0) is 18.4 Å². The summed E-state index contributed by atoms with van der Waals surface area (Å²) in [6, 6.07) is 1.90. The molecule has 0 aliphatic carbocycles. The van der Waals surface area contributed by atoms with Crippen molar-refractivity contribution in [3.05, 3.63) is 35.9 Å². The zero-order chi connectivity index (χ0) is 39.1. The molecule has 9 N–H and O–H groups in total. The van der Waals surface area contributed by atoms with Gasteiger partial charge < -0.3 is 56.5 Å². The van der Waals surface area contributed by atoms with Crippen molar-refractivity contribution in [1.29, 1.82) is 0 Å². The number of carboxylic acid groups (broad SMARTS) is 4. The van der Waals surface area contributed by atoms with Crippen molar-refractivity contribution in [2.75, 3.05) is 38.7 Å². The van der Waals surface area contributed by atoms with Crippen molar-refractivity contribution >= 4 is 66.0 Å². The van der Waals surface area contributed by atoms with Gasteiger partial charge in [0.1, 0.15) is 24.2 Å². The second-order valence-electron chi connectivity index (χ2n) is 10.9. The first-order chi connectivity index (χ1) is 24.6. The summed E-state index contributed by atoms with van der Waals surface area (Å²) in [5.41, 5.74) is 0.700. The Bertz CT molecular complexity index is 1400. The molecule has 0 spiro atoms. The molecule has 1 aromatic rings. The van der Waals surface area contributed by atoms with Crippen LogP contribution in [-0.4, -0.2) is 137 Å². The summed E-state index contributed by atoms with van der Waals surface area (Å²) in [5, 5.41) is 47.5. The van der Waals surface area contributed by atoms with Gasteiger partial charge in [-0.1, -0.05) is 30.3 Å². The molecule has 0 saturated heterocycles. The normalized spacial score (nSPS) is 12.9. The summed E-state index contributed by atoms with van der Waals surface area (Å²) in [4.78, 5) is 106.